The second-order valence-electron chi connectivity index (χ2n) is 7.91. The minimum Gasteiger partial charge on any atom is -0.468 e. The largest absolute Gasteiger partial charge is 0.468 e. The summed E-state index contributed by atoms with van der Waals surface area (Å²) in [4.78, 5) is 9.62. The molecule has 0 spiro atoms. The van der Waals surface area contributed by atoms with Crippen LogP contribution in [0, 0.1) is 11.8 Å². The fraction of sp³-hybridized carbons (Fsp3) is 0.750. The highest BCUT2D eigenvalue weighted by Crippen LogP contribution is 2.36. The maximum Gasteiger partial charge on any atom is 0.193 e. The van der Waals surface area contributed by atoms with E-state index in [-0.39, 0.29) is 24.0 Å². The summed E-state index contributed by atoms with van der Waals surface area (Å²) in [7, 11) is 1.92. The van der Waals surface area contributed by atoms with Crippen LogP contribution in [0.2, 0.25) is 0 Å². The lowest BCUT2D eigenvalue weighted by atomic mass is 9.82. The first-order valence-corrected chi connectivity index (χ1v) is 10.1. The SMILES string of the molecule is CN=C(NCC(c1ccco1)N1CCCC1)N1CC2CCCCC2C1.I. The van der Waals surface area contributed by atoms with E-state index in [1.54, 1.807) is 6.26 Å². The van der Waals surface area contributed by atoms with E-state index in [4.69, 9.17) is 4.42 Å². The summed E-state index contributed by atoms with van der Waals surface area (Å²) in [6.07, 6.45) is 10.0. The Hall–Kier alpha value is -0.760. The number of halogens is 1. The number of furan rings is 1. The molecule has 4 rings (SSSR count). The van der Waals surface area contributed by atoms with Crippen LogP contribution in [0.4, 0.5) is 0 Å². The molecule has 1 N–H and O–H groups in total. The number of hydrogen-bond acceptors (Lipinski definition) is 3. The normalized spacial score (nSPS) is 27.9. The number of rotatable bonds is 4. The minimum atomic E-state index is 0. The highest BCUT2D eigenvalue weighted by atomic mass is 127. The van der Waals surface area contributed by atoms with Crippen LogP contribution >= 0.6 is 24.0 Å². The van der Waals surface area contributed by atoms with E-state index in [1.165, 1.54) is 64.7 Å². The second kappa shape index (κ2) is 9.44. The molecule has 1 saturated carbocycles. The lowest BCUT2D eigenvalue weighted by Gasteiger charge is -2.28. The highest BCUT2D eigenvalue weighted by molar-refractivity contribution is 14.0. The Balaban J connectivity index is 0.00000196. The molecule has 6 heteroatoms. The lowest BCUT2D eigenvalue weighted by Crippen LogP contribution is -2.44. The Kier molecular flexibility index (Phi) is 7.26. The molecule has 3 atom stereocenters. The molecule has 0 aromatic carbocycles. The molecule has 146 valence electrons. The number of nitrogens with zero attached hydrogens (tertiary/aromatic N) is 3. The molecule has 3 aliphatic rings. The van der Waals surface area contributed by atoms with Gasteiger partial charge in [0, 0.05) is 26.7 Å². The molecule has 2 saturated heterocycles. The second-order valence-corrected chi connectivity index (χ2v) is 7.91. The summed E-state index contributed by atoms with van der Waals surface area (Å²) in [5, 5.41) is 3.66. The third-order valence-corrected chi connectivity index (χ3v) is 6.39. The van der Waals surface area contributed by atoms with Gasteiger partial charge in [-0.1, -0.05) is 12.8 Å². The van der Waals surface area contributed by atoms with Crippen molar-refractivity contribution in [2.75, 3.05) is 39.8 Å². The molecule has 3 heterocycles. The van der Waals surface area contributed by atoms with Gasteiger partial charge in [-0.3, -0.25) is 9.89 Å². The first-order valence-electron chi connectivity index (χ1n) is 10.1. The quantitative estimate of drug-likeness (QED) is 0.412. The average Bonchev–Trinajstić information content (AvgIpc) is 3.40. The lowest BCUT2D eigenvalue weighted by molar-refractivity contribution is 0.214. The van der Waals surface area contributed by atoms with E-state index in [9.17, 15) is 0 Å². The highest BCUT2D eigenvalue weighted by Gasteiger charge is 2.36. The van der Waals surface area contributed by atoms with Crippen LogP contribution in [-0.4, -0.2) is 55.5 Å². The van der Waals surface area contributed by atoms with Gasteiger partial charge < -0.3 is 14.6 Å². The monoisotopic (exact) mass is 472 g/mol. The molecular formula is C20H33IN4O. The zero-order valence-electron chi connectivity index (χ0n) is 15.9. The molecule has 5 nitrogen and oxygen atoms in total. The Morgan fingerprint density at radius 3 is 2.46 bits per heavy atom. The van der Waals surface area contributed by atoms with Gasteiger partial charge in [0.1, 0.15) is 5.76 Å². The number of hydrogen-bond donors (Lipinski definition) is 1. The fourth-order valence-corrected chi connectivity index (χ4v) is 5.04. The van der Waals surface area contributed by atoms with Gasteiger partial charge >= 0.3 is 0 Å². The van der Waals surface area contributed by atoms with Crippen molar-refractivity contribution in [3.05, 3.63) is 24.2 Å². The van der Waals surface area contributed by atoms with E-state index >= 15 is 0 Å². The molecular weight excluding hydrogens is 439 g/mol. The van der Waals surface area contributed by atoms with Gasteiger partial charge in [0.2, 0.25) is 0 Å². The van der Waals surface area contributed by atoms with Crippen molar-refractivity contribution in [1.82, 2.24) is 15.1 Å². The minimum absolute atomic E-state index is 0. The van der Waals surface area contributed by atoms with Crippen molar-refractivity contribution in [3.8, 4) is 0 Å². The molecule has 0 amide bonds. The van der Waals surface area contributed by atoms with Crippen molar-refractivity contribution >= 4 is 29.9 Å². The summed E-state index contributed by atoms with van der Waals surface area (Å²) in [6, 6.07) is 4.41. The first kappa shape index (κ1) is 20.0. The van der Waals surface area contributed by atoms with Gasteiger partial charge in [0.25, 0.3) is 0 Å². The maximum atomic E-state index is 5.74. The van der Waals surface area contributed by atoms with Crippen LogP contribution in [-0.2, 0) is 0 Å². The molecule has 3 fully saturated rings. The van der Waals surface area contributed by atoms with Crippen molar-refractivity contribution in [2.45, 2.75) is 44.6 Å². The first-order chi connectivity index (χ1) is 12.3. The van der Waals surface area contributed by atoms with Gasteiger partial charge in [0.05, 0.1) is 12.3 Å². The number of fused-ring (bicyclic) bond motifs is 1. The predicted molar refractivity (Wildman–Crippen MR) is 116 cm³/mol. The topological polar surface area (TPSA) is 44.0 Å². The number of nitrogens with one attached hydrogen (secondary N) is 1. The Morgan fingerprint density at radius 2 is 1.88 bits per heavy atom. The molecule has 0 bridgehead atoms. The molecule has 1 aromatic rings. The summed E-state index contributed by atoms with van der Waals surface area (Å²) in [5.74, 6) is 3.91. The predicted octanol–water partition coefficient (Wildman–Crippen LogP) is 3.73. The van der Waals surface area contributed by atoms with Gasteiger partial charge in [-0.25, -0.2) is 0 Å². The summed E-state index contributed by atoms with van der Waals surface area (Å²) in [5.41, 5.74) is 0. The van der Waals surface area contributed by atoms with Crippen LogP contribution < -0.4 is 5.32 Å². The van der Waals surface area contributed by atoms with Crippen LogP contribution in [0.15, 0.2) is 27.8 Å². The van der Waals surface area contributed by atoms with E-state index in [0.717, 1.165) is 30.1 Å². The third kappa shape index (κ3) is 4.38. The third-order valence-electron chi connectivity index (χ3n) is 6.39. The van der Waals surface area contributed by atoms with Gasteiger partial charge in [0.15, 0.2) is 5.96 Å². The van der Waals surface area contributed by atoms with Crippen molar-refractivity contribution in [3.63, 3.8) is 0 Å². The van der Waals surface area contributed by atoms with Crippen molar-refractivity contribution in [2.24, 2.45) is 16.8 Å². The molecule has 3 unspecified atom stereocenters. The van der Waals surface area contributed by atoms with Crippen LogP contribution in [0.1, 0.15) is 50.3 Å². The summed E-state index contributed by atoms with van der Waals surface area (Å²) >= 11 is 0. The van der Waals surface area contributed by atoms with E-state index < -0.39 is 0 Å². The summed E-state index contributed by atoms with van der Waals surface area (Å²) < 4.78 is 5.74. The molecule has 26 heavy (non-hydrogen) atoms. The average molecular weight is 472 g/mol. The smallest absolute Gasteiger partial charge is 0.193 e. The molecule has 0 radical (unpaired) electrons. The zero-order valence-corrected chi connectivity index (χ0v) is 18.2. The molecule has 1 aliphatic carbocycles. The van der Waals surface area contributed by atoms with E-state index in [0.29, 0.717) is 6.04 Å². The Labute approximate surface area is 174 Å². The van der Waals surface area contributed by atoms with Gasteiger partial charge in [-0.05, 0) is 62.7 Å². The fourth-order valence-electron chi connectivity index (χ4n) is 5.04. The zero-order chi connectivity index (χ0) is 17.1. The van der Waals surface area contributed by atoms with Gasteiger partial charge in [-0.15, -0.1) is 24.0 Å². The van der Waals surface area contributed by atoms with Crippen LogP contribution in [0.25, 0.3) is 0 Å². The van der Waals surface area contributed by atoms with E-state index in [1.807, 2.05) is 13.1 Å². The van der Waals surface area contributed by atoms with Crippen LogP contribution in [0.5, 0.6) is 0 Å². The number of guanidine groups is 1. The van der Waals surface area contributed by atoms with Crippen molar-refractivity contribution in [1.29, 1.82) is 0 Å². The van der Waals surface area contributed by atoms with Crippen molar-refractivity contribution < 1.29 is 4.42 Å². The maximum absolute atomic E-state index is 5.74. The van der Waals surface area contributed by atoms with E-state index in [2.05, 4.69) is 26.2 Å². The number of likely N-dealkylation sites (tertiary alicyclic amines) is 2. The number of aliphatic imine (C=N–C) groups is 1. The standard InChI is InChI=1S/C20H32N4O.HI/c1-21-20(24-14-16-7-2-3-8-17(16)15-24)22-13-18(19-9-6-12-25-19)23-10-4-5-11-23;/h6,9,12,16-18H,2-5,7-8,10-11,13-15H2,1H3,(H,21,22);1H. The Morgan fingerprint density at radius 1 is 1.19 bits per heavy atom. The molecule has 1 aromatic heterocycles. The summed E-state index contributed by atoms with van der Waals surface area (Å²) in [6.45, 7) is 5.56. The molecule has 2 aliphatic heterocycles. The van der Waals surface area contributed by atoms with Gasteiger partial charge in [-0.2, -0.15) is 0 Å². The van der Waals surface area contributed by atoms with Crippen LogP contribution in [0.3, 0.4) is 0 Å². The Bertz CT molecular complexity index is 556.